The summed E-state index contributed by atoms with van der Waals surface area (Å²) in [5.74, 6) is -0.794. The van der Waals surface area contributed by atoms with Gasteiger partial charge in [0.15, 0.2) is 0 Å². The highest BCUT2D eigenvalue weighted by atomic mass is 31.2. The normalized spacial score (nSPS) is 13.7. The first-order valence-electron chi connectivity index (χ1n) is 19.5. The molecule has 0 radical (unpaired) electrons. The zero-order chi connectivity index (χ0) is 43.0. The van der Waals surface area contributed by atoms with E-state index >= 15 is 0 Å². The van der Waals surface area contributed by atoms with Crippen LogP contribution in [-0.2, 0) is 72.5 Å². The molecule has 0 amide bonds. The number of carbonyl (C=O) groups excluding carboxylic acids is 4. The van der Waals surface area contributed by atoms with E-state index in [2.05, 4.69) is 0 Å². The molecule has 0 aliphatic carbocycles. The van der Waals surface area contributed by atoms with E-state index in [1.807, 2.05) is 15.9 Å². The second kappa shape index (κ2) is 23.4. The molecule has 2 rings (SSSR count). The first kappa shape index (κ1) is 49.9. The lowest BCUT2D eigenvalue weighted by molar-refractivity contribution is -0.156. The molecule has 0 saturated carbocycles. The number of hydrogen-bond donors (Lipinski definition) is 2. The van der Waals surface area contributed by atoms with Gasteiger partial charge in [0.2, 0.25) is 7.37 Å². The smallest absolute Gasteiger partial charge is 0.343 e. The molecule has 0 bridgehead atoms. The molecule has 0 aliphatic heterocycles. The molecule has 16 heteroatoms. The van der Waals surface area contributed by atoms with Gasteiger partial charge >= 0.3 is 13.6 Å². The van der Waals surface area contributed by atoms with Gasteiger partial charge in [0.1, 0.15) is 39.8 Å². The number of ether oxygens (including phenoxy) is 1. The number of phenolic OH excluding ortho intramolecular Hbond substituents is 2. The van der Waals surface area contributed by atoms with Gasteiger partial charge in [-0.05, 0) is 91.5 Å². The molecule has 320 valence electrons. The van der Waals surface area contributed by atoms with Crippen LogP contribution in [0.3, 0.4) is 0 Å². The third-order valence-electron chi connectivity index (χ3n) is 8.81. The summed E-state index contributed by atoms with van der Waals surface area (Å²) in [6.07, 6.45) is 0.823. The van der Waals surface area contributed by atoms with E-state index in [4.69, 9.17) is 18.3 Å². The fourth-order valence-corrected chi connectivity index (χ4v) is 11.7. The van der Waals surface area contributed by atoms with Crippen molar-refractivity contribution >= 4 is 38.3 Å². The van der Waals surface area contributed by atoms with E-state index in [-0.39, 0.29) is 101 Å². The summed E-state index contributed by atoms with van der Waals surface area (Å²) in [4.78, 5) is 54.0. The fourth-order valence-electron chi connectivity index (χ4n) is 6.26. The zero-order valence-electron chi connectivity index (χ0n) is 35.2. The monoisotopic (exact) mass is 838 g/mol. The second-order valence-electron chi connectivity index (χ2n) is 15.3. The minimum absolute atomic E-state index is 0.00500. The van der Waals surface area contributed by atoms with Gasteiger partial charge in [-0.3, -0.25) is 33.3 Å². The molecular weight excluding hydrogens is 774 g/mol. The molecule has 2 unspecified atom stereocenters. The number of hydrogen-bond acceptors (Lipinski definition) is 14. The predicted octanol–water partition coefficient (Wildman–Crippen LogP) is 7.28. The average molecular weight is 839 g/mol. The van der Waals surface area contributed by atoms with Crippen LogP contribution >= 0.6 is 15.0 Å². The highest BCUT2D eigenvalue weighted by molar-refractivity contribution is 7.74. The molecule has 0 fully saturated rings. The van der Waals surface area contributed by atoms with Crippen molar-refractivity contribution in [3.8, 4) is 11.5 Å². The highest BCUT2D eigenvalue weighted by Gasteiger charge is 2.47. The van der Waals surface area contributed by atoms with Crippen molar-refractivity contribution in [2.24, 2.45) is 0 Å². The zero-order valence-corrected chi connectivity index (χ0v) is 37.0. The van der Waals surface area contributed by atoms with Crippen LogP contribution in [0.5, 0.6) is 11.5 Å². The van der Waals surface area contributed by atoms with E-state index in [1.165, 1.54) is 26.6 Å². The summed E-state index contributed by atoms with van der Waals surface area (Å²) in [6, 6.07) is 10.1. The Labute approximate surface area is 338 Å². The van der Waals surface area contributed by atoms with E-state index in [9.17, 15) is 38.5 Å². The summed E-state index contributed by atoms with van der Waals surface area (Å²) in [5.41, 5.74) is 1.97. The number of benzene rings is 2. The standard InChI is InChI=1S/C41H64N2O12P2/c1-10-52-56(9,50)40(57(51,53-11-2)54-12-3)25-36(46)18-15-33-17-20-37(47)34(24-33)27-42(26-31(5)45)21-22-43(29-39(49)55-41(6,7)8)28-35-23-32(14-13-30(4)44)16-19-38(35)48/h16-17,19-20,23-24,40,47-48H,10-15,18,21-22,25-29H2,1-9H3. The van der Waals surface area contributed by atoms with Crippen molar-refractivity contribution in [2.75, 3.05) is 52.7 Å². The predicted molar refractivity (Wildman–Crippen MR) is 220 cm³/mol. The van der Waals surface area contributed by atoms with Gasteiger partial charge < -0.3 is 33.3 Å². The molecular formula is C41H64N2O12P2. The van der Waals surface area contributed by atoms with E-state index < -0.39 is 31.9 Å². The third kappa shape index (κ3) is 18.1. The van der Waals surface area contributed by atoms with Crippen LogP contribution in [0.4, 0.5) is 0 Å². The number of carbonyl (C=O) groups is 4. The molecule has 2 N–H and O–H groups in total. The Morgan fingerprint density at radius 2 is 1.19 bits per heavy atom. The van der Waals surface area contributed by atoms with Crippen molar-refractivity contribution < 1.29 is 56.8 Å². The molecule has 2 aromatic rings. The molecule has 14 nitrogen and oxygen atoms in total. The maximum Gasteiger partial charge on any atom is 0.343 e. The maximum atomic E-state index is 13.7. The topological polar surface area (TPSA) is 186 Å². The van der Waals surface area contributed by atoms with Gasteiger partial charge in [0.25, 0.3) is 0 Å². The van der Waals surface area contributed by atoms with Crippen LogP contribution in [0, 0.1) is 0 Å². The molecule has 0 saturated heterocycles. The SMILES string of the molecule is CCOP(C)(=O)C(CC(=O)CCc1ccc(O)c(CN(CCN(CC(=O)OC(C)(C)C)Cc2cc(CCC(C)=O)ccc2O)CC(C)=O)c1)P(=O)(OCC)OCC. The van der Waals surface area contributed by atoms with Gasteiger partial charge in [-0.25, -0.2) is 0 Å². The van der Waals surface area contributed by atoms with E-state index in [1.54, 1.807) is 65.8 Å². The molecule has 0 spiro atoms. The fraction of sp³-hybridized carbons (Fsp3) is 0.610. The Kier molecular flexibility index (Phi) is 20.5. The van der Waals surface area contributed by atoms with Crippen LogP contribution in [-0.4, -0.2) is 107 Å². The van der Waals surface area contributed by atoms with Crippen LogP contribution < -0.4 is 0 Å². The first-order chi connectivity index (χ1) is 26.6. The number of esters is 1. The van der Waals surface area contributed by atoms with Gasteiger partial charge in [-0.2, -0.15) is 0 Å². The maximum absolute atomic E-state index is 13.7. The van der Waals surface area contributed by atoms with Crippen molar-refractivity contribution in [1.29, 1.82) is 0 Å². The summed E-state index contributed by atoms with van der Waals surface area (Å²) >= 11 is 0. The van der Waals surface area contributed by atoms with Gasteiger partial charge in [-0.1, -0.05) is 24.3 Å². The van der Waals surface area contributed by atoms with Crippen molar-refractivity contribution in [3.05, 3.63) is 58.7 Å². The number of rotatable bonds is 27. The highest BCUT2D eigenvalue weighted by Crippen LogP contribution is 2.69. The van der Waals surface area contributed by atoms with Crippen molar-refractivity contribution in [3.63, 3.8) is 0 Å². The summed E-state index contributed by atoms with van der Waals surface area (Å²) < 4.78 is 49.3. The summed E-state index contributed by atoms with van der Waals surface area (Å²) in [5, 5.41) is 20.3. The molecule has 57 heavy (non-hydrogen) atoms. The third-order valence-corrected chi connectivity index (χ3v) is 15.1. The lowest BCUT2D eigenvalue weighted by atomic mass is 10.0. The summed E-state index contributed by atoms with van der Waals surface area (Å²) in [6.45, 7) is 15.6. The minimum atomic E-state index is -3.96. The van der Waals surface area contributed by atoms with Gasteiger partial charge in [0.05, 0.1) is 32.9 Å². The second-order valence-corrected chi connectivity index (χ2v) is 20.6. The number of nitrogens with zero attached hydrogens (tertiary/aromatic N) is 2. The molecule has 2 atom stereocenters. The lowest BCUT2D eigenvalue weighted by Crippen LogP contribution is -2.40. The number of Topliss-reactive ketones (excluding diaryl/α,β-unsaturated/α-hetero) is 3. The molecule has 0 aromatic heterocycles. The Hall–Kier alpha value is -3.22. The number of phenols is 2. The van der Waals surface area contributed by atoms with Crippen LogP contribution in [0.15, 0.2) is 36.4 Å². The van der Waals surface area contributed by atoms with Crippen molar-refractivity contribution in [1.82, 2.24) is 9.80 Å². The lowest BCUT2D eigenvalue weighted by Gasteiger charge is -2.30. The Balaban J connectivity index is 2.29. The van der Waals surface area contributed by atoms with E-state index in [0.717, 1.165) is 11.1 Å². The molecule has 2 aromatic carbocycles. The Morgan fingerprint density at radius 1 is 0.719 bits per heavy atom. The average Bonchev–Trinajstić information content (AvgIpc) is 3.09. The quantitative estimate of drug-likeness (QED) is 0.0675. The number of aromatic hydroxyl groups is 2. The van der Waals surface area contributed by atoms with Crippen molar-refractivity contribution in [2.45, 2.75) is 112 Å². The molecule has 0 heterocycles. The Bertz CT molecular complexity index is 1750. The number of aryl methyl sites for hydroxylation is 2. The van der Waals surface area contributed by atoms with E-state index in [0.29, 0.717) is 30.5 Å². The van der Waals surface area contributed by atoms with Gasteiger partial charge in [-0.15, -0.1) is 0 Å². The Morgan fingerprint density at radius 3 is 1.63 bits per heavy atom. The van der Waals surface area contributed by atoms with Crippen LogP contribution in [0.25, 0.3) is 0 Å². The largest absolute Gasteiger partial charge is 0.508 e. The van der Waals surface area contributed by atoms with Crippen LogP contribution in [0.1, 0.15) is 96.9 Å². The molecule has 0 aliphatic rings. The van der Waals surface area contributed by atoms with Crippen LogP contribution in [0.2, 0.25) is 0 Å². The minimum Gasteiger partial charge on any atom is -0.508 e. The first-order valence-corrected chi connectivity index (χ1v) is 23.3. The number of ketones is 3. The summed E-state index contributed by atoms with van der Waals surface area (Å²) in [7, 11) is -7.55. The van der Waals surface area contributed by atoms with Gasteiger partial charge in [0, 0.05) is 63.2 Å².